The molecule has 0 aromatic heterocycles. The second-order valence-corrected chi connectivity index (χ2v) is 5.28. The molecule has 1 aliphatic heterocycles. The van der Waals surface area contributed by atoms with Crippen LogP contribution in [0.2, 0.25) is 0 Å². The Kier molecular flexibility index (Phi) is 3.84. The number of amides is 1. The maximum atomic E-state index is 11.9. The van der Waals surface area contributed by atoms with Gasteiger partial charge in [-0.1, -0.05) is 18.2 Å². The highest BCUT2D eigenvalue weighted by molar-refractivity contribution is 8.14. The van der Waals surface area contributed by atoms with E-state index in [-0.39, 0.29) is 5.91 Å². The number of thioether (sulfide) groups is 1. The number of carbonyl (C=O) groups excluding carboxylic acids is 1. The average Bonchev–Trinajstić information content (AvgIpc) is 2.76. The zero-order valence-corrected chi connectivity index (χ0v) is 10.9. The van der Waals surface area contributed by atoms with Crippen molar-refractivity contribution in [2.75, 3.05) is 17.6 Å². The van der Waals surface area contributed by atoms with E-state index in [1.165, 1.54) is 0 Å². The lowest BCUT2D eigenvalue weighted by Crippen LogP contribution is -2.15. The van der Waals surface area contributed by atoms with Gasteiger partial charge in [-0.25, -0.2) is 0 Å². The fraction of sp³-hybridized carbons (Fsp3) is 0.385. The van der Waals surface area contributed by atoms with Gasteiger partial charge in [0.25, 0.3) is 0 Å². The van der Waals surface area contributed by atoms with Crippen LogP contribution in [0, 0.1) is 13.8 Å². The van der Waals surface area contributed by atoms with E-state index in [1.807, 2.05) is 32.0 Å². The highest BCUT2D eigenvalue weighted by Crippen LogP contribution is 2.21. The fourth-order valence-corrected chi connectivity index (χ4v) is 2.65. The topological polar surface area (TPSA) is 41.5 Å². The standard InChI is InChI=1S/C13H16N2OS/c1-9-4-3-5-10(2)13(9)15-11(16)8-12-14-6-7-17-12/h3-5H,6-8H2,1-2H3,(H,15,16). The summed E-state index contributed by atoms with van der Waals surface area (Å²) in [5.74, 6) is 1.03. The highest BCUT2D eigenvalue weighted by atomic mass is 32.2. The summed E-state index contributed by atoms with van der Waals surface area (Å²) in [4.78, 5) is 16.1. The third-order valence-corrected chi connectivity index (χ3v) is 3.70. The van der Waals surface area contributed by atoms with E-state index < -0.39 is 0 Å². The fourth-order valence-electron chi connectivity index (χ4n) is 1.82. The van der Waals surface area contributed by atoms with Crippen LogP contribution in [0.25, 0.3) is 0 Å². The Morgan fingerprint density at radius 1 is 1.41 bits per heavy atom. The minimum absolute atomic E-state index is 0.0237. The number of benzene rings is 1. The van der Waals surface area contributed by atoms with Crippen LogP contribution in [0.4, 0.5) is 5.69 Å². The summed E-state index contributed by atoms with van der Waals surface area (Å²) >= 11 is 1.68. The van der Waals surface area contributed by atoms with Gasteiger partial charge in [0, 0.05) is 18.0 Å². The van der Waals surface area contributed by atoms with Crippen LogP contribution < -0.4 is 5.32 Å². The number of aryl methyl sites for hydroxylation is 2. The molecule has 4 heteroatoms. The van der Waals surface area contributed by atoms with Crippen molar-refractivity contribution in [3.63, 3.8) is 0 Å². The van der Waals surface area contributed by atoms with Crippen molar-refractivity contribution in [3.8, 4) is 0 Å². The third-order valence-electron chi connectivity index (χ3n) is 2.71. The number of nitrogens with zero attached hydrogens (tertiary/aromatic N) is 1. The van der Waals surface area contributed by atoms with E-state index in [2.05, 4.69) is 10.3 Å². The molecule has 0 unspecified atom stereocenters. The van der Waals surface area contributed by atoms with Crippen LogP contribution in [0.3, 0.4) is 0 Å². The smallest absolute Gasteiger partial charge is 0.230 e. The molecule has 0 aliphatic carbocycles. The normalized spacial score (nSPS) is 14.6. The lowest BCUT2D eigenvalue weighted by molar-refractivity contribution is -0.115. The van der Waals surface area contributed by atoms with Gasteiger partial charge in [-0.15, -0.1) is 11.8 Å². The number of hydrogen-bond donors (Lipinski definition) is 1. The van der Waals surface area contributed by atoms with Crippen molar-refractivity contribution in [2.45, 2.75) is 20.3 Å². The Labute approximate surface area is 106 Å². The van der Waals surface area contributed by atoms with Gasteiger partial charge in [0.2, 0.25) is 5.91 Å². The lowest BCUT2D eigenvalue weighted by Gasteiger charge is -2.11. The molecule has 0 fully saturated rings. The molecule has 3 nitrogen and oxygen atoms in total. The lowest BCUT2D eigenvalue weighted by atomic mass is 10.1. The molecular formula is C13H16N2OS. The van der Waals surface area contributed by atoms with Crippen LogP contribution in [0.5, 0.6) is 0 Å². The molecule has 0 saturated heterocycles. The van der Waals surface area contributed by atoms with Crippen LogP contribution in [0.15, 0.2) is 23.2 Å². The maximum Gasteiger partial charge on any atom is 0.230 e. The van der Waals surface area contributed by atoms with Crippen molar-refractivity contribution in [1.82, 2.24) is 0 Å². The maximum absolute atomic E-state index is 11.9. The van der Waals surface area contributed by atoms with Gasteiger partial charge in [-0.3, -0.25) is 9.79 Å². The second kappa shape index (κ2) is 5.36. The Balaban J connectivity index is 2.02. The monoisotopic (exact) mass is 248 g/mol. The van der Waals surface area contributed by atoms with Crippen molar-refractivity contribution in [2.24, 2.45) is 4.99 Å². The summed E-state index contributed by atoms with van der Waals surface area (Å²) in [6.45, 7) is 4.85. The van der Waals surface area contributed by atoms with E-state index in [4.69, 9.17) is 0 Å². The molecule has 2 rings (SSSR count). The Hall–Kier alpha value is -1.29. The molecule has 17 heavy (non-hydrogen) atoms. The van der Waals surface area contributed by atoms with Gasteiger partial charge in [-0.2, -0.15) is 0 Å². The average molecular weight is 248 g/mol. The molecular weight excluding hydrogens is 232 g/mol. The van der Waals surface area contributed by atoms with Crippen LogP contribution in [-0.4, -0.2) is 23.2 Å². The predicted octanol–water partition coefficient (Wildman–Crippen LogP) is 2.78. The molecule has 1 aliphatic rings. The molecule has 1 amide bonds. The number of carbonyl (C=O) groups is 1. The number of para-hydroxylation sites is 1. The molecule has 1 N–H and O–H groups in total. The van der Waals surface area contributed by atoms with Gasteiger partial charge < -0.3 is 5.32 Å². The van der Waals surface area contributed by atoms with Gasteiger partial charge in [-0.05, 0) is 25.0 Å². The van der Waals surface area contributed by atoms with Crippen molar-refractivity contribution >= 4 is 28.4 Å². The first-order valence-electron chi connectivity index (χ1n) is 5.69. The Morgan fingerprint density at radius 2 is 2.12 bits per heavy atom. The summed E-state index contributed by atoms with van der Waals surface area (Å²) in [5.41, 5.74) is 3.12. The van der Waals surface area contributed by atoms with Crippen molar-refractivity contribution in [1.29, 1.82) is 0 Å². The number of rotatable bonds is 3. The van der Waals surface area contributed by atoms with Crippen molar-refractivity contribution in [3.05, 3.63) is 29.3 Å². The molecule has 90 valence electrons. The molecule has 0 spiro atoms. The first-order chi connectivity index (χ1) is 8.16. The molecule has 1 aromatic rings. The molecule has 0 radical (unpaired) electrons. The summed E-state index contributed by atoms with van der Waals surface area (Å²) in [5, 5.41) is 3.92. The highest BCUT2D eigenvalue weighted by Gasteiger charge is 2.13. The molecule has 0 bridgehead atoms. The Morgan fingerprint density at radius 3 is 2.71 bits per heavy atom. The first-order valence-corrected chi connectivity index (χ1v) is 6.67. The van der Waals surface area contributed by atoms with Crippen LogP contribution in [0.1, 0.15) is 17.5 Å². The minimum atomic E-state index is 0.0237. The van der Waals surface area contributed by atoms with Crippen molar-refractivity contribution < 1.29 is 4.79 Å². The van der Waals surface area contributed by atoms with E-state index in [0.717, 1.165) is 34.2 Å². The van der Waals surface area contributed by atoms with Gasteiger partial charge in [0.05, 0.1) is 11.5 Å². The first kappa shape index (κ1) is 12.2. The van der Waals surface area contributed by atoms with Crippen LogP contribution >= 0.6 is 11.8 Å². The number of aliphatic imine (C=N–C) groups is 1. The summed E-state index contributed by atoms with van der Waals surface area (Å²) in [6.07, 6.45) is 0.401. The van der Waals surface area contributed by atoms with E-state index in [9.17, 15) is 4.79 Å². The van der Waals surface area contributed by atoms with E-state index in [1.54, 1.807) is 11.8 Å². The predicted molar refractivity (Wildman–Crippen MR) is 73.9 cm³/mol. The zero-order chi connectivity index (χ0) is 12.3. The molecule has 0 saturated carbocycles. The molecule has 1 heterocycles. The summed E-state index contributed by atoms with van der Waals surface area (Å²) in [6, 6.07) is 6.01. The summed E-state index contributed by atoms with van der Waals surface area (Å²) < 4.78 is 0. The van der Waals surface area contributed by atoms with E-state index in [0.29, 0.717) is 6.42 Å². The van der Waals surface area contributed by atoms with E-state index >= 15 is 0 Å². The van der Waals surface area contributed by atoms with Gasteiger partial charge in [0.15, 0.2) is 0 Å². The number of anilines is 1. The zero-order valence-electron chi connectivity index (χ0n) is 10.1. The van der Waals surface area contributed by atoms with Gasteiger partial charge >= 0.3 is 0 Å². The molecule has 0 atom stereocenters. The minimum Gasteiger partial charge on any atom is -0.325 e. The summed E-state index contributed by atoms with van der Waals surface area (Å²) in [7, 11) is 0. The van der Waals surface area contributed by atoms with Gasteiger partial charge in [0.1, 0.15) is 0 Å². The van der Waals surface area contributed by atoms with Crippen LogP contribution in [-0.2, 0) is 4.79 Å². The molecule has 1 aromatic carbocycles. The second-order valence-electron chi connectivity index (χ2n) is 4.12. The SMILES string of the molecule is Cc1cccc(C)c1NC(=O)CC1=NCCS1. The Bertz CT molecular complexity index is 448. The quantitative estimate of drug-likeness (QED) is 0.893. The number of hydrogen-bond acceptors (Lipinski definition) is 3. The largest absolute Gasteiger partial charge is 0.325 e. The number of nitrogens with one attached hydrogen (secondary N) is 1. The third kappa shape index (κ3) is 3.09.